The molecule has 0 unspecified atom stereocenters. The van der Waals surface area contributed by atoms with E-state index in [1.807, 2.05) is 12.1 Å². The topological polar surface area (TPSA) is 155 Å². The van der Waals surface area contributed by atoms with Gasteiger partial charge in [0.05, 0.1) is 24.0 Å². The summed E-state index contributed by atoms with van der Waals surface area (Å²) >= 11 is 6.25. The van der Waals surface area contributed by atoms with Crippen LogP contribution in [0.4, 0.5) is 5.95 Å². The molecular weight excluding hydrogens is 436 g/mol. The number of nitrogens with zero attached hydrogens (tertiary/aromatic N) is 3. The maximum Gasteiger partial charge on any atom is 0.270 e. The number of H-pyrrole nitrogens is 1. The van der Waals surface area contributed by atoms with Gasteiger partial charge in [-0.25, -0.2) is 10.4 Å². The van der Waals surface area contributed by atoms with Crippen molar-refractivity contribution in [3.63, 3.8) is 0 Å². The molecule has 0 spiro atoms. The molecular formula is C21H17ClN6O4. The molecule has 0 aliphatic rings. The Hall–Kier alpha value is -4.36. The monoisotopic (exact) mass is 452 g/mol. The Kier molecular flexibility index (Phi) is 7.05. The predicted molar refractivity (Wildman–Crippen MR) is 119 cm³/mol. The van der Waals surface area contributed by atoms with Crippen molar-refractivity contribution in [1.29, 1.82) is 5.26 Å². The van der Waals surface area contributed by atoms with Crippen molar-refractivity contribution in [2.45, 2.75) is 0 Å². The minimum absolute atomic E-state index is 0.0357. The number of halogens is 1. The summed E-state index contributed by atoms with van der Waals surface area (Å²) < 4.78 is 10.5. The van der Waals surface area contributed by atoms with Crippen LogP contribution in [0.5, 0.6) is 11.5 Å². The number of benzene rings is 2. The average molecular weight is 453 g/mol. The molecule has 2 aromatic carbocycles. The molecule has 0 saturated carbocycles. The third-order valence-electron chi connectivity index (χ3n) is 4.11. The van der Waals surface area contributed by atoms with E-state index in [0.29, 0.717) is 16.9 Å². The van der Waals surface area contributed by atoms with Crippen molar-refractivity contribution in [1.82, 2.24) is 9.97 Å². The first-order chi connectivity index (χ1) is 15.4. The number of carbonyl (C=O) groups excluding carboxylic acids is 1. The van der Waals surface area contributed by atoms with Crippen LogP contribution in [0.3, 0.4) is 0 Å². The van der Waals surface area contributed by atoms with Crippen molar-refractivity contribution in [3.05, 3.63) is 69.0 Å². The molecule has 1 heterocycles. The van der Waals surface area contributed by atoms with E-state index in [2.05, 4.69) is 20.5 Å². The number of nitrogens with two attached hydrogens (primary N) is 1. The second-order valence-electron chi connectivity index (χ2n) is 6.27. The lowest BCUT2D eigenvalue weighted by atomic mass is 10.1. The van der Waals surface area contributed by atoms with Crippen LogP contribution in [0, 0.1) is 11.3 Å². The number of aromatic amines is 1. The van der Waals surface area contributed by atoms with E-state index in [1.165, 1.54) is 19.4 Å². The number of ether oxygens (including phenoxy) is 2. The quantitative estimate of drug-likeness (QED) is 0.349. The number of methoxy groups -OCH3 is 1. The number of amides is 1. The zero-order valence-corrected chi connectivity index (χ0v) is 17.5. The summed E-state index contributed by atoms with van der Waals surface area (Å²) in [5.41, 5.74) is 8.29. The standard InChI is InChI=1S/C21H17ClN6O4/c1-31-16-7-13(15(22)8-17(16)32-11-18(24)29)10-25-28-21-26-19(12-5-3-2-4-6-12)14(9-23)20(30)27-21/h2-8,10H,11H2,1H3,(H2,24,29)(H2,26,27,28,30). The first-order valence-corrected chi connectivity index (χ1v) is 9.48. The highest BCUT2D eigenvalue weighted by atomic mass is 35.5. The molecule has 0 aliphatic heterocycles. The lowest BCUT2D eigenvalue weighted by Gasteiger charge is -2.11. The average Bonchev–Trinajstić information content (AvgIpc) is 2.79. The van der Waals surface area contributed by atoms with E-state index in [0.717, 1.165) is 0 Å². The Morgan fingerprint density at radius 1 is 1.34 bits per heavy atom. The second kappa shape index (κ2) is 10.1. The largest absolute Gasteiger partial charge is 0.493 e. The first kappa shape index (κ1) is 22.3. The number of hydrogen-bond donors (Lipinski definition) is 3. The van der Waals surface area contributed by atoms with Crippen molar-refractivity contribution in [3.8, 4) is 28.8 Å². The van der Waals surface area contributed by atoms with Gasteiger partial charge in [-0.3, -0.25) is 14.6 Å². The second-order valence-corrected chi connectivity index (χ2v) is 6.67. The Bertz CT molecular complexity index is 1270. The minimum Gasteiger partial charge on any atom is -0.493 e. The third-order valence-corrected chi connectivity index (χ3v) is 4.43. The highest BCUT2D eigenvalue weighted by Gasteiger charge is 2.13. The molecule has 0 radical (unpaired) electrons. The zero-order chi connectivity index (χ0) is 23.1. The molecule has 0 aliphatic carbocycles. The fraction of sp³-hybridized carbons (Fsp3) is 0.0952. The summed E-state index contributed by atoms with van der Waals surface area (Å²) in [6.45, 7) is -0.330. The summed E-state index contributed by atoms with van der Waals surface area (Å²) in [5, 5.41) is 13.6. The molecule has 4 N–H and O–H groups in total. The molecule has 10 nitrogen and oxygen atoms in total. The molecule has 0 atom stereocenters. The minimum atomic E-state index is -0.642. The van der Waals surface area contributed by atoms with E-state index < -0.39 is 11.5 Å². The highest BCUT2D eigenvalue weighted by molar-refractivity contribution is 6.33. The number of hydrazone groups is 1. The number of carbonyl (C=O) groups is 1. The van der Waals surface area contributed by atoms with Gasteiger partial charge in [-0.2, -0.15) is 10.4 Å². The summed E-state index contributed by atoms with van der Waals surface area (Å²) in [5.74, 6) is -0.0502. The zero-order valence-electron chi connectivity index (χ0n) is 16.8. The molecule has 3 rings (SSSR count). The number of primary amides is 1. The van der Waals surface area contributed by atoms with Crippen LogP contribution in [0.15, 0.2) is 52.4 Å². The number of rotatable bonds is 8. The lowest BCUT2D eigenvalue weighted by Crippen LogP contribution is -2.20. The van der Waals surface area contributed by atoms with Crippen LogP contribution in [0.1, 0.15) is 11.1 Å². The van der Waals surface area contributed by atoms with Crippen LogP contribution in [-0.2, 0) is 4.79 Å². The van der Waals surface area contributed by atoms with Gasteiger partial charge in [-0.15, -0.1) is 0 Å². The number of aromatic nitrogens is 2. The van der Waals surface area contributed by atoms with Gasteiger partial charge in [0.2, 0.25) is 5.95 Å². The summed E-state index contributed by atoms with van der Waals surface area (Å²) in [7, 11) is 1.43. The lowest BCUT2D eigenvalue weighted by molar-refractivity contribution is -0.119. The first-order valence-electron chi connectivity index (χ1n) is 9.10. The van der Waals surface area contributed by atoms with E-state index in [4.69, 9.17) is 26.8 Å². The van der Waals surface area contributed by atoms with Gasteiger partial charge in [0.25, 0.3) is 11.5 Å². The van der Waals surface area contributed by atoms with Gasteiger partial charge in [0.15, 0.2) is 18.1 Å². The Morgan fingerprint density at radius 3 is 2.75 bits per heavy atom. The van der Waals surface area contributed by atoms with Gasteiger partial charge in [-0.05, 0) is 6.07 Å². The third kappa shape index (κ3) is 5.21. The van der Waals surface area contributed by atoms with Crippen molar-refractivity contribution in [2.24, 2.45) is 10.8 Å². The van der Waals surface area contributed by atoms with Gasteiger partial charge in [0, 0.05) is 17.2 Å². The van der Waals surface area contributed by atoms with Gasteiger partial charge >= 0.3 is 0 Å². The smallest absolute Gasteiger partial charge is 0.270 e. The summed E-state index contributed by atoms with van der Waals surface area (Å²) in [6, 6.07) is 13.7. The molecule has 162 valence electrons. The fourth-order valence-corrected chi connectivity index (χ4v) is 2.87. The van der Waals surface area contributed by atoms with Crippen LogP contribution in [-0.4, -0.2) is 35.8 Å². The SMILES string of the molecule is COc1cc(C=NNc2nc(-c3ccccc3)c(C#N)c(=O)[nH]2)c(Cl)cc1OCC(N)=O. The summed E-state index contributed by atoms with van der Waals surface area (Å²) in [4.78, 5) is 30.0. The van der Waals surface area contributed by atoms with Crippen molar-refractivity contribution in [2.75, 3.05) is 19.1 Å². The molecule has 32 heavy (non-hydrogen) atoms. The number of nitriles is 1. The molecule has 11 heteroatoms. The molecule has 1 aromatic heterocycles. The number of nitrogens with one attached hydrogen (secondary N) is 2. The summed E-state index contributed by atoms with van der Waals surface area (Å²) in [6.07, 6.45) is 1.38. The molecule has 3 aromatic rings. The van der Waals surface area contributed by atoms with E-state index in [-0.39, 0.29) is 34.6 Å². The molecule has 0 bridgehead atoms. The van der Waals surface area contributed by atoms with Gasteiger partial charge in [-0.1, -0.05) is 41.9 Å². The Morgan fingerprint density at radius 2 is 2.09 bits per heavy atom. The van der Waals surface area contributed by atoms with Crippen LogP contribution < -0.4 is 26.2 Å². The Labute approximate surface area is 187 Å². The van der Waals surface area contributed by atoms with Gasteiger partial charge in [0.1, 0.15) is 11.6 Å². The number of hydrogen-bond acceptors (Lipinski definition) is 8. The molecule has 1 amide bonds. The predicted octanol–water partition coefficient (Wildman–Crippen LogP) is 2.28. The maximum atomic E-state index is 12.3. The van der Waals surface area contributed by atoms with E-state index in [9.17, 15) is 14.9 Å². The van der Waals surface area contributed by atoms with Crippen LogP contribution in [0.2, 0.25) is 5.02 Å². The van der Waals surface area contributed by atoms with Crippen molar-refractivity contribution >= 4 is 29.7 Å². The van der Waals surface area contributed by atoms with Gasteiger partial charge < -0.3 is 15.2 Å². The number of anilines is 1. The fourth-order valence-electron chi connectivity index (χ4n) is 2.67. The molecule has 0 fully saturated rings. The van der Waals surface area contributed by atoms with Crippen LogP contribution in [0.25, 0.3) is 11.3 Å². The molecule has 0 saturated heterocycles. The van der Waals surface area contributed by atoms with Crippen molar-refractivity contribution < 1.29 is 14.3 Å². The van der Waals surface area contributed by atoms with E-state index >= 15 is 0 Å². The van der Waals surface area contributed by atoms with Crippen LogP contribution >= 0.6 is 11.6 Å². The Balaban J connectivity index is 1.86. The highest BCUT2D eigenvalue weighted by Crippen LogP contribution is 2.32. The normalized spacial score (nSPS) is 10.5. The van der Waals surface area contributed by atoms with E-state index in [1.54, 1.807) is 30.3 Å². The maximum absolute atomic E-state index is 12.3.